The largest absolute Gasteiger partial charge is 0.298 e. The third-order valence-electron chi connectivity index (χ3n) is 2.38. The summed E-state index contributed by atoms with van der Waals surface area (Å²) in [5, 5.41) is 5.12. The van der Waals surface area contributed by atoms with Crippen LogP contribution in [0.4, 0.5) is 0 Å². The standard InChI is InChI=1S/C12H11BrN2OS/c1-8-9(7-16)12(15(2)14-8)17-11-6-4-3-5-10(11)13/h3-7H,1-2H3. The Bertz CT molecular complexity index is 566. The molecule has 0 unspecified atom stereocenters. The highest BCUT2D eigenvalue weighted by molar-refractivity contribution is 9.10. The number of aldehydes is 1. The molecule has 3 nitrogen and oxygen atoms in total. The van der Waals surface area contributed by atoms with Crippen LogP contribution in [0.2, 0.25) is 0 Å². The topological polar surface area (TPSA) is 34.9 Å². The zero-order chi connectivity index (χ0) is 12.4. The molecule has 0 aliphatic rings. The van der Waals surface area contributed by atoms with Crippen LogP contribution in [0.1, 0.15) is 16.1 Å². The van der Waals surface area contributed by atoms with Gasteiger partial charge in [-0.05, 0) is 35.0 Å². The summed E-state index contributed by atoms with van der Waals surface area (Å²) >= 11 is 5.03. The number of aryl methyl sites for hydroxylation is 2. The van der Waals surface area contributed by atoms with Gasteiger partial charge in [0.25, 0.3) is 0 Å². The molecule has 88 valence electrons. The Balaban J connectivity index is 2.43. The predicted octanol–water partition coefficient (Wildman–Crippen LogP) is 3.45. The average molecular weight is 311 g/mol. The predicted molar refractivity (Wildman–Crippen MR) is 71.6 cm³/mol. The average Bonchev–Trinajstić information content (AvgIpc) is 2.56. The third-order valence-corrected chi connectivity index (χ3v) is 4.58. The van der Waals surface area contributed by atoms with Gasteiger partial charge >= 0.3 is 0 Å². The first-order valence-corrected chi connectivity index (χ1v) is 6.65. The lowest BCUT2D eigenvalue weighted by Crippen LogP contribution is -1.93. The van der Waals surface area contributed by atoms with Gasteiger partial charge in [0.2, 0.25) is 0 Å². The van der Waals surface area contributed by atoms with Gasteiger partial charge < -0.3 is 0 Å². The van der Waals surface area contributed by atoms with Crippen molar-refractivity contribution in [1.29, 1.82) is 0 Å². The third kappa shape index (κ3) is 2.45. The number of hydrogen-bond acceptors (Lipinski definition) is 3. The van der Waals surface area contributed by atoms with Gasteiger partial charge in [-0.2, -0.15) is 5.10 Å². The second-order valence-electron chi connectivity index (χ2n) is 3.58. The van der Waals surface area contributed by atoms with Crippen LogP contribution >= 0.6 is 27.7 Å². The Morgan fingerprint density at radius 1 is 1.41 bits per heavy atom. The lowest BCUT2D eigenvalue weighted by molar-refractivity contribution is 0.112. The molecule has 0 aliphatic carbocycles. The number of hydrogen-bond donors (Lipinski definition) is 0. The van der Waals surface area contributed by atoms with E-state index in [0.29, 0.717) is 5.56 Å². The van der Waals surface area contributed by atoms with Crippen molar-refractivity contribution in [3.8, 4) is 0 Å². The summed E-state index contributed by atoms with van der Waals surface area (Å²) in [6, 6.07) is 7.91. The van der Waals surface area contributed by atoms with E-state index < -0.39 is 0 Å². The molecule has 0 fully saturated rings. The molecule has 0 N–H and O–H groups in total. The Morgan fingerprint density at radius 3 is 2.76 bits per heavy atom. The summed E-state index contributed by atoms with van der Waals surface area (Å²) in [7, 11) is 1.85. The van der Waals surface area contributed by atoms with Gasteiger partial charge in [0.1, 0.15) is 5.03 Å². The molecule has 0 bridgehead atoms. The molecule has 0 atom stereocenters. The van der Waals surface area contributed by atoms with Crippen molar-refractivity contribution in [2.45, 2.75) is 16.8 Å². The molecule has 0 spiro atoms. The van der Waals surface area contributed by atoms with Crippen molar-refractivity contribution in [3.05, 3.63) is 40.0 Å². The molecule has 1 heterocycles. The van der Waals surface area contributed by atoms with Crippen LogP contribution in [-0.4, -0.2) is 16.1 Å². The summed E-state index contributed by atoms with van der Waals surface area (Å²) in [5.74, 6) is 0. The van der Waals surface area contributed by atoms with Gasteiger partial charge in [-0.25, -0.2) is 0 Å². The Hall–Kier alpha value is -1.07. The first-order chi connectivity index (χ1) is 8.13. The maximum Gasteiger partial charge on any atom is 0.154 e. The fourth-order valence-electron chi connectivity index (χ4n) is 1.54. The first kappa shape index (κ1) is 12.4. The number of halogens is 1. The normalized spacial score (nSPS) is 10.5. The number of carbonyl (C=O) groups is 1. The molecule has 5 heteroatoms. The van der Waals surface area contributed by atoms with Gasteiger partial charge in [-0.15, -0.1) is 0 Å². The highest BCUT2D eigenvalue weighted by atomic mass is 79.9. The molecule has 0 amide bonds. The zero-order valence-corrected chi connectivity index (χ0v) is 11.9. The highest BCUT2D eigenvalue weighted by Crippen LogP contribution is 2.35. The Labute approximate surface area is 112 Å². The quantitative estimate of drug-likeness (QED) is 0.814. The van der Waals surface area contributed by atoms with Gasteiger partial charge in [0.05, 0.1) is 11.3 Å². The molecule has 0 radical (unpaired) electrons. The number of nitrogens with zero attached hydrogens (tertiary/aromatic N) is 2. The summed E-state index contributed by atoms with van der Waals surface area (Å²) in [6.45, 7) is 1.84. The number of benzene rings is 1. The van der Waals surface area contributed by atoms with Crippen LogP contribution < -0.4 is 0 Å². The second kappa shape index (κ2) is 5.06. The van der Waals surface area contributed by atoms with E-state index in [9.17, 15) is 4.79 Å². The van der Waals surface area contributed by atoms with Crippen molar-refractivity contribution < 1.29 is 4.79 Å². The molecule has 2 aromatic rings. The van der Waals surface area contributed by atoms with Crippen LogP contribution in [0.3, 0.4) is 0 Å². The molecule has 0 saturated carbocycles. The van der Waals surface area contributed by atoms with E-state index >= 15 is 0 Å². The summed E-state index contributed by atoms with van der Waals surface area (Å²) < 4.78 is 2.75. The van der Waals surface area contributed by atoms with Crippen molar-refractivity contribution in [1.82, 2.24) is 9.78 Å². The fraction of sp³-hybridized carbons (Fsp3) is 0.167. The van der Waals surface area contributed by atoms with Crippen LogP contribution in [-0.2, 0) is 7.05 Å². The van der Waals surface area contributed by atoms with Gasteiger partial charge in [-0.3, -0.25) is 9.48 Å². The van der Waals surface area contributed by atoms with E-state index in [1.165, 1.54) is 11.8 Å². The van der Waals surface area contributed by atoms with E-state index in [4.69, 9.17) is 0 Å². The molecule has 2 rings (SSSR count). The lowest BCUT2D eigenvalue weighted by Gasteiger charge is -2.04. The van der Waals surface area contributed by atoms with E-state index in [2.05, 4.69) is 21.0 Å². The van der Waals surface area contributed by atoms with Crippen LogP contribution in [0.25, 0.3) is 0 Å². The summed E-state index contributed by atoms with van der Waals surface area (Å²) in [5.41, 5.74) is 1.42. The minimum Gasteiger partial charge on any atom is -0.298 e. The molecule has 1 aromatic heterocycles. The first-order valence-electron chi connectivity index (χ1n) is 5.04. The molecule has 0 saturated heterocycles. The number of aromatic nitrogens is 2. The summed E-state index contributed by atoms with van der Waals surface area (Å²) in [6.07, 6.45) is 0.863. The Kier molecular flexibility index (Phi) is 3.69. The molecular weight excluding hydrogens is 300 g/mol. The lowest BCUT2D eigenvalue weighted by atomic mass is 10.3. The smallest absolute Gasteiger partial charge is 0.154 e. The van der Waals surface area contributed by atoms with Crippen molar-refractivity contribution >= 4 is 34.0 Å². The zero-order valence-electron chi connectivity index (χ0n) is 9.48. The molecule has 1 aromatic carbocycles. The van der Waals surface area contributed by atoms with Crippen molar-refractivity contribution in [2.75, 3.05) is 0 Å². The van der Waals surface area contributed by atoms with Crippen molar-refractivity contribution in [2.24, 2.45) is 7.05 Å². The minimum atomic E-state index is 0.660. The number of rotatable bonds is 3. The van der Waals surface area contributed by atoms with Crippen molar-refractivity contribution in [3.63, 3.8) is 0 Å². The minimum absolute atomic E-state index is 0.660. The Morgan fingerprint density at radius 2 is 2.12 bits per heavy atom. The second-order valence-corrected chi connectivity index (χ2v) is 5.46. The van der Waals surface area contributed by atoms with E-state index in [1.54, 1.807) is 4.68 Å². The van der Waals surface area contributed by atoms with Gasteiger partial charge in [0, 0.05) is 16.4 Å². The SMILES string of the molecule is Cc1nn(C)c(Sc2ccccc2Br)c1C=O. The number of carbonyl (C=O) groups excluding carboxylic acids is 1. The van der Waals surface area contributed by atoms with Crippen LogP contribution in [0.15, 0.2) is 38.7 Å². The van der Waals surface area contributed by atoms with Gasteiger partial charge in [0.15, 0.2) is 6.29 Å². The monoisotopic (exact) mass is 310 g/mol. The molecular formula is C12H11BrN2OS. The van der Waals surface area contributed by atoms with Gasteiger partial charge in [-0.1, -0.05) is 23.9 Å². The molecule has 17 heavy (non-hydrogen) atoms. The highest BCUT2D eigenvalue weighted by Gasteiger charge is 2.14. The molecule has 0 aliphatic heterocycles. The maximum atomic E-state index is 11.1. The maximum absolute atomic E-state index is 11.1. The van der Waals surface area contributed by atoms with E-state index in [1.807, 2.05) is 38.2 Å². The summed E-state index contributed by atoms with van der Waals surface area (Å²) in [4.78, 5) is 12.1. The van der Waals surface area contributed by atoms with Crippen LogP contribution in [0, 0.1) is 6.92 Å². The van der Waals surface area contributed by atoms with Crippen LogP contribution in [0.5, 0.6) is 0 Å². The van der Waals surface area contributed by atoms with E-state index in [0.717, 1.165) is 26.4 Å². The fourth-order valence-corrected chi connectivity index (χ4v) is 3.07. The van der Waals surface area contributed by atoms with E-state index in [-0.39, 0.29) is 0 Å².